The summed E-state index contributed by atoms with van der Waals surface area (Å²) in [6, 6.07) is 10.6. The van der Waals surface area contributed by atoms with Gasteiger partial charge in [-0.3, -0.25) is 0 Å². The lowest BCUT2D eigenvalue weighted by molar-refractivity contribution is 0.00680. The zero-order valence-corrected chi connectivity index (χ0v) is 17.6. The van der Waals surface area contributed by atoms with E-state index >= 15 is 0 Å². The molecule has 0 aliphatic carbocycles. The summed E-state index contributed by atoms with van der Waals surface area (Å²) in [6.45, 7) is -0.207. The number of sulfonamides is 1. The second-order valence-electron chi connectivity index (χ2n) is 7.22. The number of rotatable bonds is 5. The molecule has 1 aliphatic rings. The Hall–Kier alpha value is -2.61. The number of anilines is 1. The highest BCUT2D eigenvalue weighted by atomic mass is 32.2. The molecule has 0 spiro atoms. The van der Waals surface area contributed by atoms with Crippen molar-refractivity contribution in [2.24, 2.45) is 0 Å². The van der Waals surface area contributed by atoms with Crippen LogP contribution in [0.1, 0.15) is 11.8 Å². The van der Waals surface area contributed by atoms with E-state index in [1.54, 1.807) is 29.6 Å². The first-order valence-corrected chi connectivity index (χ1v) is 11.8. The number of aliphatic hydroxyl groups is 2. The van der Waals surface area contributed by atoms with Crippen LogP contribution in [-0.4, -0.2) is 58.1 Å². The lowest BCUT2D eigenvalue weighted by Crippen LogP contribution is -2.39. The minimum atomic E-state index is -3.84. The van der Waals surface area contributed by atoms with Crippen LogP contribution in [0, 0.1) is 0 Å². The molecule has 1 saturated heterocycles. The molecular formula is C19H19N5O5S2. The van der Waals surface area contributed by atoms with E-state index in [1.807, 2.05) is 12.1 Å². The number of hydrogen-bond donors (Lipinski definition) is 4. The number of aromatic nitrogens is 3. The fourth-order valence-electron chi connectivity index (χ4n) is 3.78. The van der Waals surface area contributed by atoms with Crippen molar-refractivity contribution in [1.82, 2.24) is 19.3 Å². The summed E-state index contributed by atoms with van der Waals surface area (Å²) in [7, 11) is -3.84. The first kappa shape index (κ1) is 20.3. The van der Waals surface area contributed by atoms with Crippen LogP contribution in [0.25, 0.3) is 15.6 Å². The number of thiophene rings is 1. The Balaban J connectivity index is 1.36. The monoisotopic (exact) mass is 461 g/mol. The molecular weight excluding hydrogens is 442 g/mol. The number of ether oxygens (including phenoxy) is 1. The Morgan fingerprint density at radius 3 is 2.84 bits per heavy atom. The molecule has 5 rings (SSSR count). The van der Waals surface area contributed by atoms with Crippen molar-refractivity contribution in [3.63, 3.8) is 0 Å². The normalized spacial score (nSPS) is 24.3. The van der Waals surface area contributed by atoms with Crippen LogP contribution in [0.15, 0.2) is 53.0 Å². The molecule has 162 valence electrons. The molecule has 4 aromatic rings. The maximum absolute atomic E-state index is 12.8. The summed E-state index contributed by atoms with van der Waals surface area (Å²) in [5, 5.41) is 27.3. The maximum atomic E-state index is 12.8. The number of aliphatic hydroxyl groups excluding tert-OH is 2. The Morgan fingerprint density at radius 2 is 2.00 bits per heavy atom. The SMILES string of the molecule is Nc1ncnn2c([C@@H]3O[C@H](CNS(=O)(=O)c4csc5ccccc45)[C@@H](O)[C@H]3O)ccc12. The third-order valence-corrected chi connectivity index (χ3v) is 7.95. The molecule has 4 atom stereocenters. The summed E-state index contributed by atoms with van der Waals surface area (Å²) >= 11 is 1.34. The van der Waals surface area contributed by atoms with Crippen LogP contribution in [0.4, 0.5) is 5.82 Å². The van der Waals surface area contributed by atoms with Crippen LogP contribution in [-0.2, 0) is 14.8 Å². The van der Waals surface area contributed by atoms with Crippen LogP contribution >= 0.6 is 11.3 Å². The van der Waals surface area contributed by atoms with Gasteiger partial charge >= 0.3 is 0 Å². The molecule has 0 radical (unpaired) electrons. The smallest absolute Gasteiger partial charge is 0.242 e. The number of fused-ring (bicyclic) bond motifs is 2. The number of nitrogen functional groups attached to an aromatic ring is 1. The van der Waals surface area contributed by atoms with Crippen molar-refractivity contribution in [3.05, 3.63) is 53.8 Å². The van der Waals surface area contributed by atoms with E-state index in [0.29, 0.717) is 16.6 Å². The first-order valence-electron chi connectivity index (χ1n) is 9.42. The van der Waals surface area contributed by atoms with E-state index < -0.39 is 34.4 Å². The van der Waals surface area contributed by atoms with Gasteiger partial charge in [0.15, 0.2) is 5.82 Å². The summed E-state index contributed by atoms with van der Waals surface area (Å²) in [6.07, 6.45) is -3.16. The van der Waals surface area contributed by atoms with Crippen LogP contribution < -0.4 is 10.5 Å². The highest BCUT2D eigenvalue weighted by molar-refractivity contribution is 7.90. The lowest BCUT2D eigenvalue weighted by atomic mass is 10.1. The predicted molar refractivity (Wildman–Crippen MR) is 114 cm³/mol. The van der Waals surface area contributed by atoms with E-state index in [4.69, 9.17) is 10.5 Å². The standard InChI is InChI=1S/C19H19N5O5S2/c20-19-12-6-5-11(24(12)22-9-21-19)18-17(26)16(25)13(29-18)7-23-31(27,28)15-8-30-14-4-2-1-3-10(14)15/h1-6,8-9,13,16-18,23,25-26H,7H2,(H2,20,21,22)/t13-,16-,17-,18+/m1/s1. The second-order valence-corrected chi connectivity index (χ2v) is 9.87. The van der Waals surface area contributed by atoms with E-state index in [0.717, 1.165) is 4.70 Å². The van der Waals surface area contributed by atoms with E-state index in [9.17, 15) is 18.6 Å². The highest BCUT2D eigenvalue weighted by Gasteiger charge is 2.45. The van der Waals surface area contributed by atoms with Crippen LogP contribution in [0.5, 0.6) is 0 Å². The Bertz CT molecular complexity index is 1370. The van der Waals surface area contributed by atoms with E-state index in [-0.39, 0.29) is 17.3 Å². The zero-order valence-electron chi connectivity index (χ0n) is 16.0. The Labute approximate surface area is 181 Å². The summed E-state index contributed by atoms with van der Waals surface area (Å²) < 4.78 is 36.3. The lowest BCUT2D eigenvalue weighted by Gasteiger charge is -2.15. The maximum Gasteiger partial charge on any atom is 0.242 e. The van der Waals surface area contributed by atoms with Gasteiger partial charge in [0.2, 0.25) is 10.0 Å². The van der Waals surface area contributed by atoms with Gasteiger partial charge in [-0.15, -0.1) is 11.3 Å². The molecule has 12 heteroatoms. The average Bonchev–Trinajstić information content (AvgIpc) is 3.44. The minimum absolute atomic E-state index is 0.169. The van der Waals surface area contributed by atoms with Gasteiger partial charge in [-0.25, -0.2) is 22.6 Å². The largest absolute Gasteiger partial charge is 0.388 e. The third kappa shape index (κ3) is 3.37. The summed E-state index contributed by atoms with van der Waals surface area (Å²) in [5.74, 6) is 0.265. The van der Waals surface area contributed by atoms with Crippen molar-refractivity contribution in [2.45, 2.75) is 29.3 Å². The first-order chi connectivity index (χ1) is 14.9. The van der Waals surface area contributed by atoms with E-state index in [2.05, 4.69) is 14.8 Å². The van der Waals surface area contributed by atoms with E-state index in [1.165, 1.54) is 22.2 Å². The molecule has 31 heavy (non-hydrogen) atoms. The molecule has 0 saturated carbocycles. The van der Waals surface area contributed by atoms with Gasteiger partial charge in [-0.05, 0) is 18.2 Å². The topological polar surface area (TPSA) is 152 Å². The number of benzene rings is 1. The fourth-order valence-corrected chi connectivity index (χ4v) is 6.33. The summed E-state index contributed by atoms with van der Waals surface area (Å²) in [4.78, 5) is 4.08. The third-order valence-electron chi connectivity index (χ3n) is 5.37. The van der Waals surface area contributed by atoms with Crippen LogP contribution in [0.3, 0.4) is 0 Å². The van der Waals surface area contributed by atoms with Gasteiger partial charge in [0.1, 0.15) is 41.2 Å². The van der Waals surface area contributed by atoms with Crippen molar-refractivity contribution >= 4 is 42.8 Å². The highest BCUT2D eigenvalue weighted by Crippen LogP contribution is 2.35. The van der Waals surface area contributed by atoms with Gasteiger partial charge in [-0.2, -0.15) is 5.10 Å². The molecule has 3 aromatic heterocycles. The predicted octanol–water partition coefficient (Wildman–Crippen LogP) is 0.666. The molecule has 4 heterocycles. The summed E-state index contributed by atoms with van der Waals surface area (Å²) in [5.41, 5.74) is 6.85. The van der Waals surface area contributed by atoms with Crippen molar-refractivity contribution in [1.29, 1.82) is 0 Å². The molecule has 1 aliphatic heterocycles. The molecule has 10 nitrogen and oxygen atoms in total. The van der Waals surface area contributed by atoms with Gasteiger partial charge in [0, 0.05) is 22.0 Å². The number of nitrogens with zero attached hydrogens (tertiary/aromatic N) is 3. The second kappa shape index (κ2) is 7.51. The molecule has 1 fully saturated rings. The zero-order chi connectivity index (χ0) is 21.8. The van der Waals surface area contributed by atoms with Gasteiger partial charge in [0.05, 0.1) is 5.69 Å². The molecule has 5 N–H and O–H groups in total. The quantitative estimate of drug-likeness (QED) is 0.338. The number of hydrogen-bond acceptors (Lipinski definition) is 9. The Morgan fingerprint density at radius 1 is 1.19 bits per heavy atom. The average molecular weight is 462 g/mol. The fraction of sp³-hybridized carbons (Fsp3) is 0.263. The number of nitrogens with two attached hydrogens (primary N) is 1. The molecule has 0 bridgehead atoms. The Kier molecular flexibility index (Phi) is 4.92. The minimum Gasteiger partial charge on any atom is -0.388 e. The van der Waals surface area contributed by atoms with Crippen molar-refractivity contribution in [2.75, 3.05) is 12.3 Å². The molecule has 0 unspecified atom stereocenters. The van der Waals surface area contributed by atoms with Crippen molar-refractivity contribution < 1.29 is 23.4 Å². The van der Waals surface area contributed by atoms with Crippen LogP contribution in [0.2, 0.25) is 0 Å². The molecule has 0 amide bonds. The van der Waals surface area contributed by atoms with Gasteiger partial charge < -0.3 is 20.7 Å². The number of nitrogens with one attached hydrogen (secondary N) is 1. The van der Waals surface area contributed by atoms with Gasteiger partial charge in [0.25, 0.3) is 0 Å². The van der Waals surface area contributed by atoms with Gasteiger partial charge in [-0.1, -0.05) is 18.2 Å². The van der Waals surface area contributed by atoms with Crippen molar-refractivity contribution in [3.8, 4) is 0 Å². The molecule has 1 aromatic carbocycles.